The van der Waals surface area contributed by atoms with Crippen molar-refractivity contribution in [2.24, 2.45) is 0 Å². The van der Waals surface area contributed by atoms with Crippen LogP contribution in [0.2, 0.25) is 0 Å². The SMILES string of the molecule is CCNC(c1ccccc1)C(C)N(C)CCOCC. The van der Waals surface area contributed by atoms with Crippen LogP contribution in [0, 0.1) is 0 Å². The minimum atomic E-state index is 0.359. The van der Waals surface area contributed by atoms with Gasteiger partial charge in [0.2, 0.25) is 0 Å². The van der Waals surface area contributed by atoms with Gasteiger partial charge in [0.15, 0.2) is 0 Å². The summed E-state index contributed by atoms with van der Waals surface area (Å²) < 4.78 is 5.44. The second-order valence-electron chi connectivity index (χ2n) is 4.86. The molecule has 0 radical (unpaired) electrons. The molecule has 0 aliphatic heterocycles. The van der Waals surface area contributed by atoms with E-state index in [9.17, 15) is 0 Å². The van der Waals surface area contributed by atoms with Crippen LogP contribution in [0.15, 0.2) is 30.3 Å². The van der Waals surface area contributed by atoms with Gasteiger partial charge in [0, 0.05) is 25.2 Å². The van der Waals surface area contributed by atoms with Gasteiger partial charge in [0.05, 0.1) is 6.61 Å². The van der Waals surface area contributed by atoms with Crippen molar-refractivity contribution < 1.29 is 4.74 Å². The Hall–Kier alpha value is -0.900. The monoisotopic (exact) mass is 264 g/mol. The molecule has 0 aliphatic rings. The third-order valence-electron chi connectivity index (χ3n) is 3.55. The lowest BCUT2D eigenvalue weighted by Gasteiger charge is -2.32. The van der Waals surface area contributed by atoms with Crippen LogP contribution in [0.4, 0.5) is 0 Å². The van der Waals surface area contributed by atoms with Gasteiger partial charge >= 0.3 is 0 Å². The van der Waals surface area contributed by atoms with Crippen LogP contribution in [0.3, 0.4) is 0 Å². The molecule has 1 aromatic carbocycles. The Kier molecular flexibility index (Phi) is 7.72. The van der Waals surface area contributed by atoms with E-state index >= 15 is 0 Å². The van der Waals surface area contributed by atoms with Crippen LogP contribution in [0.1, 0.15) is 32.4 Å². The highest BCUT2D eigenvalue weighted by Crippen LogP contribution is 2.19. The summed E-state index contributed by atoms with van der Waals surface area (Å²) in [6.45, 7) is 9.99. The third-order valence-corrected chi connectivity index (χ3v) is 3.55. The quantitative estimate of drug-likeness (QED) is 0.694. The lowest BCUT2D eigenvalue weighted by atomic mass is 9.99. The van der Waals surface area contributed by atoms with Crippen LogP contribution >= 0.6 is 0 Å². The second-order valence-corrected chi connectivity index (χ2v) is 4.86. The van der Waals surface area contributed by atoms with E-state index in [1.54, 1.807) is 0 Å². The van der Waals surface area contributed by atoms with Gasteiger partial charge in [-0.25, -0.2) is 0 Å². The van der Waals surface area contributed by atoms with Crippen molar-refractivity contribution in [1.82, 2.24) is 10.2 Å². The van der Waals surface area contributed by atoms with E-state index in [0.717, 1.165) is 26.3 Å². The molecule has 0 saturated carbocycles. The van der Waals surface area contributed by atoms with E-state index in [-0.39, 0.29) is 0 Å². The normalized spacial score (nSPS) is 14.6. The van der Waals surface area contributed by atoms with Gasteiger partial charge in [-0.2, -0.15) is 0 Å². The van der Waals surface area contributed by atoms with Gasteiger partial charge in [0.25, 0.3) is 0 Å². The molecule has 0 amide bonds. The molecule has 0 fully saturated rings. The molecule has 0 heterocycles. The first-order chi connectivity index (χ1) is 9.20. The molecule has 3 nitrogen and oxygen atoms in total. The summed E-state index contributed by atoms with van der Waals surface area (Å²) >= 11 is 0. The molecule has 2 atom stereocenters. The minimum absolute atomic E-state index is 0.359. The summed E-state index contributed by atoms with van der Waals surface area (Å²) in [7, 11) is 2.16. The van der Waals surface area contributed by atoms with Crippen molar-refractivity contribution in [2.75, 3.05) is 33.4 Å². The van der Waals surface area contributed by atoms with Gasteiger partial charge in [-0.1, -0.05) is 37.3 Å². The molecular weight excluding hydrogens is 236 g/mol. The van der Waals surface area contributed by atoms with Crippen molar-refractivity contribution in [3.8, 4) is 0 Å². The average Bonchev–Trinajstić information content (AvgIpc) is 2.45. The van der Waals surface area contributed by atoms with Crippen molar-refractivity contribution in [1.29, 1.82) is 0 Å². The number of rotatable bonds is 9. The standard InChI is InChI=1S/C16H28N2O/c1-5-17-16(15-10-8-7-9-11-15)14(3)18(4)12-13-19-6-2/h7-11,14,16-17H,5-6,12-13H2,1-4H3. The molecule has 0 bridgehead atoms. The predicted octanol–water partition coefficient (Wildman–Crippen LogP) is 2.69. The molecule has 0 aromatic heterocycles. The maximum absolute atomic E-state index is 5.44. The van der Waals surface area contributed by atoms with E-state index in [1.165, 1.54) is 5.56 Å². The summed E-state index contributed by atoms with van der Waals surface area (Å²) in [6, 6.07) is 11.5. The molecule has 1 aromatic rings. The van der Waals surface area contributed by atoms with Crippen molar-refractivity contribution >= 4 is 0 Å². The fourth-order valence-corrected chi connectivity index (χ4v) is 2.26. The molecule has 108 valence electrons. The molecule has 2 unspecified atom stereocenters. The first-order valence-corrected chi connectivity index (χ1v) is 7.27. The van der Waals surface area contributed by atoms with Crippen LogP contribution in [0.25, 0.3) is 0 Å². The van der Waals surface area contributed by atoms with Gasteiger partial charge in [0.1, 0.15) is 0 Å². The Bertz CT molecular complexity index is 329. The van der Waals surface area contributed by atoms with Crippen LogP contribution in [-0.2, 0) is 4.74 Å². The number of benzene rings is 1. The largest absolute Gasteiger partial charge is 0.380 e. The fraction of sp³-hybridized carbons (Fsp3) is 0.625. The Balaban J connectivity index is 2.64. The van der Waals surface area contributed by atoms with E-state index in [4.69, 9.17) is 4.74 Å². The number of likely N-dealkylation sites (N-methyl/N-ethyl adjacent to an activating group) is 2. The number of hydrogen-bond donors (Lipinski definition) is 1. The zero-order valence-corrected chi connectivity index (χ0v) is 12.7. The Morgan fingerprint density at radius 2 is 1.89 bits per heavy atom. The number of nitrogens with one attached hydrogen (secondary N) is 1. The van der Waals surface area contributed by atoms with E-state index in [1.807, 2.05) is 6.92 Å². The first kappa shape index (κ1) is 16.2. The van der Waals surface area contributed by atoms with Crippen LogP contribution in [-0.4, -0.2) is 44.3 Å². The smallest absolute Gasteiger partial charge is 0.0593 e. The van der Waals surface area contributed by atoms with Crippen molar-refractivity contribution in [3.63, 3.8) is 0 Å². The maximum atomic E-state index is 5.44. The zero-order valence-electron chi connectivity index (χ0n) is 12.7. The molecule has 3 heteroatoms. The van der Waals surface area contributed by atoms with Crippen molar-refractivity contribution in [2.45, 2.75) is 32.9 Å². The lowest BCUT2D eigenvalue weighted by molar-refractivity contribution is 0.101. The molecule has 1 N–H and O–H groups in total. The second kappa shape index (κ2) is 9.08. The molecule has 0 aliphatic carbocycles. The highest BCUT2D eigenvalue weighted by Gasteiger charge is 2.21. The van der Waals surface area contributed by atoms with Gasteiger partial charge < -0.3 is 10.1 Å². The number of ether oxygens (including phenoxy) is 1. The van der Waals surface area contributed by atoms with Gasteiger partial charge in [-0.05, 0) is 33.0 Å². The third kappa shape index (κ3) is 5.31. The summed E-state index contributed by atoms with van der Waals surface area (Å²) in [4.78, 5) is 2.36. The molecule has 0 spiro atoms. The summed E-state index contributed by atoms with van der Waals surface area (Å²) in [5, 5.41) is 3.59. The molecule has 0 saturated heterocycles. The summed E-state index contributed by atoms with van der Waals surface area (Å²) in [5.74, 6) is 0. The van der Waals surface area contributed by atoms with Gasteiger partial charge in [-0.3, -0.25) is 4.90 Å². The van der Waals surface area contributed by atoms with Crippen LogP contribution in [0.5, 0.6) is 0 Å². The minimum Gasteiger partial charge on any atom is -0.380 e. The average molecular weight is 264 g/mol. The number of hydrogen-bond acceptors (Lipinski definition) is 3. The zero-order chi connectivity index (χ0) is 14.1. The summed E-state index contributed by atoms with van der Waals surface area (Å²) in [5.41, 5.74) is 1.35. The number of nitrogens with zero attached hydrogens (tertiary/aromatic N) is 1. The van der Waals surface area contributed by atoms with E-state index in [2.05, 4.69) is 61.4 Å². The van der Waals surface area contributed by atoms with E-state index in [0.29, 0.717) is 12.1 Å². The fourth-order valence-electron chi connectivity index (χ4n) is 2.26. The highest BCUT2D eigenvalue weighted by atomic mass is 16.5. The van der Waals surface area contributed by atoms with Crippen LogP contribution < -0.4 is 5.32 Å². The Morgan fingerprint density at radius 3 is 2.47 bits per heavy atom. The molecular formula is C16H28N2O. The topological polar surface area (TPSA) is 24.5 Å². The van der Waals surface area contributed by atoms with E-state index < -0.39 is 0 Å². The molecule has 1 rings (SSSR count). The Labute approximate surface area is 118 Å². The molecule has 19 heavy (non-hydrogen) atoms. The Morgan fingerprint density at radius 1 is 1.21 bits per heavy atom. The summed E-state index contributed by atoms with van der Waals surface area (Å²) in [6.07, 6.45) is 0. The lowest BCUT2D eigenvalue weighted by Crippen LogP contribution is -2.42. The first-order valence-electron chi connectivity index (χ1n) is 7.27. The highest BCUT2D eigenvalue weighted by molar-refractivity contribution is 5.20. The maximum Gasteiger partial charge on any atom is 0.0593 e. The van der Waals surface area contributed by atoms with Crippen molar-refractivity contribution in [3.05, 3.63) is 35.9 Å². The predicted molar refractivity (Wildman–Crippen MR) is 81.4 cm³/mol. The van der Waals surface area contributed by atoms with Gasteiger partial charge in [-0.15, -0.1) is 0 Å².